The SMILES string of the molecule is C1=CCC=C1.O[C@@H]1C=C[C@H](O)C1. The summed E-state index contributed by atoms with van der Waals surface area (Å²) in [5.41, 5.74) is 0. The summed E-state index contributed by atoms with van der Waals surface area (Å²) in [6.07, 6.45) is 12.4. The third kappa shape index (κ3) is 3.51. The van der Waals surface area contributed by atoms with Crippen LogP contribution in [0.3, 0.4) is 0 Å². The van der Waals surface area contributed by atoms with Crippen LogP contribution in [-0.2, 0) is 0 Å². The highest BCUT2D eigenvalue weighted by atomic mass is 16.3. The van der Waals surface area contributed by atoms with E-state index in [9.17, 15) is 0 Å². The third-order valence-electron chi connectivity index (χ3n) is 1.69. The maximum Gasteiger partial charge on any atom is 0.0749 e. The lowest BCUT2D eigenvalue weighted by atomic mass is 10.3. The Hall–Kier alpha value is -0.860. The van der Waals surface area contributed by atoms with Gasteiger partial charge in [-0.05, 0) is 6.42 Å². The monoisotopic (exact) mass is 166 g/mol. The predicted octanol–water partition coefficient (Wildman–Crippen LogP) is 1.17. The van der Waals surface area contributed by atoms with Crippen molar-refractivity contribution in [2.75, 3.05) is 0 Å². The van der Waals surface area contributed by atoms with Crippen molar-refractivity contribution in [2.45, 2.75) is 25.0 Å². The van der Waals surface area contributed by atoms with Gasteiger partial charge in [0.25, 0.3) is 0 Å². The number of rotatable bonds is 0. The van der Waals surface area contributed by atoms with Crippen LogP contribution in [0.4, 0.5) is 0 Å². The molecule has 0 saturated carbocycles. The van der Waals surface area contributed by atoms with Gasteiger partial charge in [0, 0.05) is 6.42 Å². The Labute approximate surface area is 72.5 Å². The van der Waals surface area contributed by atoms with Gasteiger partial charge in [-0.25, -0.2) is 0 Å². The molecular weight excluding hydrogens is 152 g/mol. The summed E-state index contributed by atoms with van der Waals surface area (Å²) < 4.78 is 0. The van der Waals surface area contributed by atoms with Crippen LogP contribution in [0.5, 0.6) is 0 Å². The maximum atomic E-state index is 8.65. The second-order valence-electron chi connectivity index (χ2n) is 2.85. The molecule has 2 aliphatic carbocycles. The highest BCUT2D eigenvalue weighted by molar-refractivity contribution is 5.12. The first-order valence-electron chi connectivity index (χ1n) is 4.15. The van der Waals surface area contributed by atoms with Crippen LogP contribution >= 0.6 is 0 Å². The molecule has 0 saturated heterocycles. The van der Waals surface area contributed by atoms with Gasteiger partial charge >= 0.3 is 0 Å². The fourth-order valence-corrected chi connectivity index (χ4v) is 1.05. The van der Waals surface area contributed by atoms with E-state index in [0.29, 0.717) is 6.42 Å². The topological polar surface area (TPSA) is 40.5 Å². The second-order valence-corrected chi connectivity index (χ2v) is 2.85. The van der Waals surface area contributed by atoms with E-state index < -0.39 is 12.2 Å². The Kier molecular flexibility index (Phi) is 3.77. The highest BCUT2D eigenvalue weighted by Gasteiger charge is 2.11. The van der Waals surface area contributed by atoms with E-state index in [1.165, 1.54) is 0 Å². The number of aliphatic hydroxyl groups is 2. The molecule has 0 bridgehead atoms. The Morgan fingerprint density at radius 2 is 1.42 bits per heavy atom. The van der Waals surface area contributed by atoms with Crippen LogP contribution in [0.15, 0.2) is 36.5 Å². The Bertz CT molecular complexity index is 184. The van der Waals surface area contributed by atoms with E-state index in [1.54, 1.807) is 12.2 Å². The van der Waals surface area contributed by atoms with E-state index in [2.05, 4.69) is 24.3 Å². The Morgan fingerprint density at radius 3 is 1.58 bits per heavy atom. The molecule has 2 N–H and O–H groups in total. The average Bonchev–Trinajstić information content (AvgIpc) is 2.63. The second kappa shape index (κ2) is 4.91. The van der Waals surface area contributed by atoms with Crippen molar-refractivity contribution in [3.8, 4) is 0 Å². The molecule has 0 aromatic heterocycles. The zero-order chi connectivity index (χ0) is 8.81. The van der Waals surface area contributed by atoms with Crippen molar-refractivity contribution in [1.82, 2.24) is 0 Å². The highest BCUT2D eigenvalue weighted by Crippen LogP contribution is 2.08. The summed E-state index contributed by atoms with van der Waals surface area (Å²) >= 11 is 0. The molecule has 12 heavy (non-hydrogen) atoms. The van der Waals surface area contributed by atoms with Gasteiger partial charge in [-0.1, -0.05) is 36.5 Å². The lowest BCUT2D eigenvalue weighted by Crippen LogP contribution is -2.04. The molecule has 0 amide bonds. The number of hydrogen-bond donors (Lipinski definition) is 2. The Balaban J connectivity index is 0.000000127. The van der Waals surface area contributed by atoms with Crippen molar-refractivity contribution < 1.29 is 10.2 Å². The molecular formula is C10H14O2. The van der Waals surface area contributed by atoms with Gasteiger partial charge in [0.1, 0.15) is 0 Å². The zero-order valence-electron chi connectivity index (χ0n) is 6.93. The smallest absolute Gasteiger partial charge is 0.0749 e. The Morgan fingerprint density at radius 1 is 0.917 bits per heavy atom. The molecule has 2 atom stereocenters. The summed E-state index contributed by atoms with van der Waals surface area (Å²) in [7, 11) is 0. The summed E-state index contributed by atoms with van der Waals surface area (Å²) in [6, 6.07) is 0. The molecule has 2 heteroatoms. The molecule has 0 aliphatic heterocycles. The van der Waals surface area contributed by atoms with Crippen LogP contribution in [0.1, 0.15) is 12.8 Å². The van der Waals surface area contributed by atoms with Gasteiger partial charge in [-0.15, -0.1) is 0 Å². The summed E-state index contributed by atoms with van der Waals surface area (Å²) in [5.74, 6) is 0. The fourth-order valence-electron chi connectivity index (χ4n) is 1.05. The van der Waals surface area contributed by atoms with Gasteiger partial charge in [0.2, 0.25) is 0 Å². The first kappa shape index (κ1) is 9.23. The van der Waals surface area contributed by atoms with Crippen LogP contribution in [0.25, 0.3) is 0 Å². The first-order valence-corrected chi connectivity index (χ1v) is 4.15. The van der Waals surface area contributed by atoms with Crippen LogP contribution < -0.4 is 0 Å². The largest absolute Gasteiger partial charge is 0.389 e. The van der Waals surface area contributed by atoms with Crippen LogP contribution in [0, 0.1) is 0 Å². The summed E-state index contributed by atoms with van der Waals surface area (Å²) in [5, 5.41) is 17.3. The zero-order valence-corrected chi connectivity index (χ0v) is 6.93. The molecule has 0 fully saturated rings. The van der Waals surface area contributed by atoms with Crippen molar-refractivity contribution in [3.63, 3.8) is 0 Å². The molecule has 2 nitrogen and oxygen atoms in total. The lowest BCUT2D eigenvalue weighted by molar-refractivity contribution is 0.151. The van der Waals surface area contributed by atoms with E-state index in [4.69, 9.17) is 10.2 Å². The molecule has 0 unspecified atom stereocenters. The average molecular weight is 166 g/mol. The molecule has 0 radical (unpaired) electrons. The minimum Gasteiger partial charge on any atom is -0.389 e. The third-order valence-corrected chi connectivity index (χ3v) is 1.69. The molecule has 2 rings (SSSR count). The van der Waals surface area contributed by atoms with Crippen LogP contribution in [0.2, 0.25) is 0 Å². The molecule has 0 aromatic carbocycles. The van der Waals surface area contributed by atoms with Crippen molar-refractivity contribution in [2.24, 2.45) is 0 Å². The van der Waals surface area contributed by atoms with Crippen molar-refractivity contribution in [1.29, 1.82) is 0 Å². The van der Waals surface area contributed by atoms with Gasteiger partial charge < -0.3 is 10.2 Å². The normalized spacial score (nSPS) is 30.5. The van der Waals surface area contributed by atoms with Crippen LogP contribution in [-0.4, -0.2) is 22.4 Å². The number of hydrogen-bond acceptors (Lipinski definition) is 2. The molecule has 0 heterocycles. The molecule has 2 aliphatic rings. The lowest BCUT2D eigenvalue weighted by Gasteiger charge is -1.96. The van der Waals surface area contributed by atoms with E-state index in [-0.39, 0.29) is 0 Å². The van der Waals surface area contributed by atoms with Gasteiger partial charge in [-0.3, -0.25) is 0 Å². The predicted molar refractivity (Wildman–Crippen MR) is 48.7 cm³/mol. The van der Waals surface area contributed by atoms with E-state index >= 15 is 0 Å². The quantitative estimate of drug-likeness (QED) is 0.530. The standard InChI is InChI=1S/C5H8O2.C5H6/c6-4-1-2-5(7)3-4;1-2-4-5-3-1/h1-2,4-7H,3H2;1-4H,5H2/t4-,5+;. The number of aliphatic hydroxyl groups excluding tert-OH is 2. The van der Waals surface area contributed by atoms with E-state index in [1.807, 2.05) is 0 Å². The van der Waals surface area contributed by atoms with Gasteiger partial charge in [-0.2, -0.15) is 0 Å². The van der Waals surface area contributed by atoms with Crippen molar-refractivity contribution in [3.05, 3.63) is 36.5 Å². The maximum absolute atomic E-state index is 8.65. The number of allylic oxidation sites excluding steroid dienone is 4. The fraction of sp³-hybridized carbons (Fsp3) is 0.400. The summed E-state index contributed by atoms with van der Waals surface area (Å²) in [6.45, 7) is 0. The van der Waals surface area contributed by atoms with Crippen molar-refractivity contribution >= 4 is 0 Å². The van der Waals surface area contributed by atoms with Gasteiger partial charge in [0.15, 0.2) is 0 Å². The van der Waals surface area contributed by atoms with E-state index in [0.717, 1.165) is 6.42 Å². The minimum absolute atomic E-state index is 0.407. The minimum atomic E-state index is -0.407. The molecule has 0 spiro atoms. The molecule has 66 valence electrons. The first-order chi connectivity index (χ1) is 5.79. The summed E-state index contributed by atoms with van der Waals surface area (Å²) in [4.78, 5) is 0. The molecule has 0 aromatic rings. The van der Waals surface area contributed by atoms with Gasteiger partial charge in [0.05, 0.1) is 12.2 Å².